The fourth-order valence-electron chi connectivity index (χ4n) is 3.58. The van der Waals surface area contributed by atoms with Crippen molar-refractivity contribution in [1.29, 1.82) is 5.26 Å². The third-order valence-corrected chi connectivity index (χ3v) is 5.11. The third kappa shape index (κ3) is 3.70. The van der Waals surface area contributed by atoms with E-state index in [4.69, 9.17) is 5.26 Å². The van der Waals surface area contributed by atoms with E-state index in [1.807, 2.05) is 19.2 Å². The molecule has 1 aliphatic rings. The highest BCUT2D eigenvalue weighted by Crippen LogP contribution is 2.41. The molecule has 0 aliphatic heterocycles. The minimum atomic E-state index is -0.0295. The molecule has 1 amide bonds. The van der Waals surface area contributed by atoms with Crippen LogP contribution in [0.1, 0.15) is 49.4 Å². The molecule has 0 fully saturated rings. The first-order valence-electron chi connectivity index (χ1n) is 8.87. The van der Waals surface area contributed by atoms with Gasteiger partial charge in [-0.2, -0.15) is 5.26 Å². The number of nitrogens with zero attached hydrogens (tertiary/aromatic N) is 3. The lowest BCUT2D eigenvalue weighted by Crippen LogP contribution is -2.40. The first-order chi connectivity index (χ1) is 12.4. The number of hydrogen-bond acceptors (Lipinski definition) is 4. The molecule has 0 spiro atoms. The fraction of sp³-hybridized carbons (Fsp3) is 0.381. The lowest BCUT2D eigenvalue weighted by atomic mass is 9.71. The average Bonchev–Trinajstić information content (AvgIpc) is 2.64. The number of nitrogens with one attached hydrogen (secondary N) is 1. The largest absolute Gasteiger partial charge is 0.350 e. The van der Waals surface area contributed by atoms with Gasteiger partial charge in [0, 0.05) is 13.2 Å². The Morgan fingerprint density at radius 2 is 2.12 bits per heavy atom. The molecule has 5 nitrogen and oxygen atoms in total. The van der Waals surface area contributed by atoms with Crippen molar-refractivity contribution >= 4 is 11.7 Å². The molecule has 1 aromatic heterocycles. The SMILES string of the molecule is CN(CC(=O)N[C@H]1CCC(C)(C)c2ccccc21)c1ccc(C#N)cn1. The second kappa shape index (κ2) is 7.17. The summed E-state index contributed by atoms with van der Waals surface area (Å²) in [6.45, 7) is 4.74. The summed E-state index contributed by atoms with van der Waals surface area (Å²) >= 11 is 0. The van der Waals surface area contributed by atoms with Gasteiger partial charge in [0.25, 0.3) is 0 Å². The molecule has 0 radical (unpaired) electrons. The van der Waals surface area contributed by atoms with Crippen molar-refractivity contribution in [3.05, 3.63) is 59.3 Å². The van der Waals surface area contributed by atoms with Gasteiger partial charge in [-0.3, -0.25) is 4.79 Å². The smallest absolute Gasteiger partial charge is 0.240 e. The van der Waals surface area contributed by atoms with Gasteiger partial charge < -0.3 is 10.2 Å². The van der Waals surface area contributed by atoms with Crippen molar-refractivity contribution in [2.24, 2.45) is 0 Å². The average molecular weight is 348 g/mol. The predicted octanol–water partition coefficient (Wildman–Crippen LogP) is 3.32. The highest BCUT2D eigenvalue weighted by Gasteiger charge is 2.32. The van der Waals surface area contributed by atoms with Gasteiger partial charge in [0.15, 0.2) is 0 Å². The van der Waals surface area contributed by atoms with Crippen molar-refractivity contribution in [1.82, 2.24) is 10.3 Å². The van der Waals surface area contributed by atoms with E-state index in [1.54, 1.807) is 17.0 Å². The zero-order valence-corrected chi connectivity index (χ0v) is 15.5. The molecule has 1 aliphatic carbocycles. The molecule has 134 valence electrons. The summed E-state index contributed by atoms with van der Waals surface area (Å²) in [6, 6.07) is 13.9. The van der Waals surface area contributed by atoms with Crippen LogP contribution in [0.4, 0.5) is 5.82 Å². The van der Waals surface area contributed by atoms with Gasteiger partial charge in [0.1, 0.15) is 11.9 Å². The summed E-state index contributed by atoms with van der Waals surface area (Å²) in [6.07, 6.45) is 3.50. The summed E-state index contributed by atoms with van der Waals surface area (Å²) in [5, 5.41) is 12.0. The second-order valence-corrected chi connectivity index (χ2v) is 7.50. The Balaban J connectivity index is 1.67. The Morgan fingerprint density at radius 3 is 2.81 bits per heavy atom. The number of hydrogen-bond donors (Lipinski definition) is 1. The summed E-state index contributed by atoms with van der Waals surface area (Å²) < 4.78 is 0. The summed E-state index contributed by atoms with van der Waals surface area (Å²) in [5.41, 5.74) is 3.18. The first-order valence-corrected chi connectivity index (χ1v) is 8.87. The number of benzene rings is 1. The maximum Gasteiger partial charge on any atom is 0.240 e. The first kappa shape index (κ1) is 17.9. The third-order valence-electron chi connectivity index (χ3n) is 5.11. The van der Waals surface area contributed by atoms with Crippen molar-refractivity contribution < 1.29 is 4.79 Å². The lowest BCUT2D eigenvalue weighted by molar-refractivity contribution is -0.120. The Labute approximate surface area is 154 Å². The van der Waals surface area contributed by atoms with Crippen LogP contribution < -0.4 is 10.2 Å². The number of amides is 1. The van der Waals surface area contributed by atoms with Crippen LogP contribution in [0, 0.1) is 11.3 Å². The Kier molecular flexibility index (Phi) is 4.94. The minimum Gasteiger partial charge on any atom is -0.350 e. The molecule has 0 unspecified atom stereocenters. The van der Waals surface area contributed by atoms with Crippen LogP contribution in [0.25, 0.3) is 0 Å². The highest BCUT2D eigenvalue weighted by atomic mass is 16.2. The molecule has 0 saturated heterocycles. The number of aromatic nitrogens is 1. The molecule has 0 bridgehead atoms. The molecule has 1 N–H and O–H groups in total. The number of carbonyl (C=O) groups is 1. The van der Waals surface area contributed by atoms with E-state index in [0.29, 0.717) is 11.4 Å². The van der Waals surface area contributed by atoms with Crippen LogP contribution in [0.5, 0.6) is 0 Å². The van der Waals surface area contributed by atoms with Crippen molar-refractivity contribution in [2.75, 3.05) is 18.5 Å². The van der Waals surface area contributed by atoms with Crippen LogP contribution in [0.2, 0.25) is 0 Å². The topological polar surface area (TPSA) is 69.0 Å². The van der Waals surface area contributed by atoms with E-state index in [1.165, 1.54) is 17.3 Å². The molecule has 1 aromatic carbocycles. The number of rotatable bonds is 4. The molecular formula is C21H24N4O. The van der Waals surface area contributed by atoms with E-state index >= 15 is 0 Å². The number of nitriles is 1. The van der Waals surface area contributed by atoms with Gasteiger partial charge in [-0.05, 0) is 41.5 Å². The van der Waals surface area contributed by atoms with Crippen molar-refractivity contribution in [3.8, 4) is 6.07 Å². The summed E-state index contributed by atoms with van der Waals surface area (Å²) in [7, 11) is 1.83. The van der Waals surface area contributed by atoms with Crippen molar-refractivity contribution in [3.63, 3.8) is 0 Å². The van der Waals surface area contributed by atoms with E-state index in [0.717, 1.165) is 12.8 Å². The quantitative estimate of drug-likeness (QED) is 0.920. The van der Waals surface area contributed by atoms with E-state index in [2.05, 4.69) is 42.3 Å². The predicted molar refractivity (Wildman–Crippen MR) is 102 cm³/mol. The van der Waals surface area contributed by atoms with E-state index in [9.17, 15) is 4.79 Å². The maximum atomic E-state index is 12.6. The van der Waals surface area contributed by atoms with Crippen LogP contribution in [0.3, 0.4) is 0 Å². The lowest BCUT2D eigenvalue weighted by Gasteiger charge is -2.37. The van der Waals surface area contributed by atoms with Gasteiger partial charge in [-0.15, -0.1) is 0 Å². The molecule has 2 aromatic rings. The number of pyridine rings is 1. The number of anilines is 1. The van der Waals surface area contributed by atoms with Crippen molar-refractivity contribution in [2.45, 2.75) is 38.1 Å². The minimum absolute atomic E-state index is 0.0295. The number of fused-ring (bicyclic) bond motifs is 1. The zero-order chi connectivity index (χ0) is 18.7. The summed E-state index contributed by atoms with van der Waals surface area (Å²) in [5.74, 6) is 0.641. The highest BCUT2D eigenvalue weighted by molar-refractivity contribution is 5.81. The number of carbonyl (C=O) groups excluding carboxylic acids is 1. The molecule has 1 atom stereocenters. The molecular weight excluding hydrogens is 324 g/mol. The summed E-state index contributed by atoms with van der Waals surface area (Å²) in [4.78, 5) is 18.6. The van der Waals surface area contributed by atoms with Gasteiger partial charge >= 0.3 is 0 Å². The van der Waals surface area contributed by atoms with Gasteiger partial charge in [-0.1, -0.05) is 38.1 Å². The number of likely N-dealkylation sites (N-methyl/N-ethyl adjacent to an activating group) is 1. The molecule has 26 heavy (non-hydrogen) atoms. The molecule has 3 rings (SSSR count). The van der Waals surface area contributed by atoms with Gasteiger partial charge in [0.2, 0.25) is 5.91 Å². The van der Waals surface area contributed by atoms with E-state index < -0.39 is 0 Å². The van der Waals surface area contributed by atoms with E-state index in [-0.39, 0.29) is 23.9 Å². The molecule has 5 heteroatoms. The van der Waals surface area contributed by atoms with Gasteiger partial charge in [-0.25, -0.2) is 4.98 Å². The zero-order valence-electron chi connectivity index (χ0n) is 15.5. The van der Waals surface area contributed by atoms with Crippen LogP contribution in [-0.4, -0.2) is 24.5 Å². The normalized spacial score (nSPS) is 17.7. The van der Waals surface area contributed by atoms with Crippen LogP contribution in [-0.2, 0) is 10.2 Å². The Morgan fingerprint density at radius 1 is 1.35 bits per heavy atom. The van der Waals surface area contributed by atoms with Gasteiger partial charge in [0.05, 0.1) is 18.2 Å². The standard InChI is InChI=1S/C21H24N4O/c1-21(2)11-10-18(16-6-4-5-7-17(16)21)24-20(26)14-25(3)19-9-8-15(12-22)13-23-19/h4-9,13,18H,10-11,14H2,1-3H3,(H,24,26)/t18-/m0/s1. The molecule has 0 saturated carbocycles. The van der Waals surface area contributed by atoms with Crippen LogP contribution >= 0.6 is 0 Å². The fourth-order valence-corrected chi connectivity index (χ4v) is 3.58. The monoisotopic (exact) mass is 348 g/mol. The Hall–Kier alpha value is -2.87. The maximum absolute atomic E-state index is 12.6. The molecule has 1 heterocycles. The van der Waals surface area contributed by atoms with Crippen LogP contribution in [0.15, 0.2) is 42.6 Å². The second-order valence-electron chi connectivity index (χ2n) is 7.50. The Bertz CT molecular complexity index is 836.